The smallest absolute Gasteiger partial charge is 0.321 e. The molecule has 3 amide bonds. The molecule has 0 bridgehead atoms. The van der Waals surface area contributed by atoms with Crippen LogP contribution in [-0.2, 0) is 4.79 Å². The normalized spacial score (nSPS) is 24.0. The topological polar surface area (TPSA) is 55.9 Å². The Morgan fingerprint density at radius 3 is 2.34 bits per heavy atom. The van der Waals surface area contributed by atoms with Gasteiger partial charge in [0.25, 0.3) is 0 Å². The van der Waals surface area contributed by atoms with Crippen molar-refractivity contribution in [2.45, 2.75) is 51.5 Å². The van der Waals surface area contributed by atoms with Crippen LogP contribution in [0.5, 0.6) is 0 Å². The van der Waals surface area contributed by atoms with Crippen molar-refractivity contribution in [1.29, 1.82) is 0 Å². The zero-order valence-electron chi connectivity index (χ0n) is 17.6. The van der Waals surface area contributed by atoms with Gasteiger partial charge in [-0.25, -0.2) is 4.79 Å². The number of hydrogen-bond acceptors (Lipinski definition) is 3. The number of carbonyl (C=O) groups is 2. The van der Waals surface area contributed by atoms with Crippen molar-refractivity contribution < 1.29 is 9.59 Å². The molecule has 1 atom stereocenters. The highest BCUT2D eigenvalue weighted by molar-refractivity contribution is 5.90. The van der Waals surface area contributed by atoms with E-state index in [9.17, 15) is 9.59 Å². The van der Waals surface area contributed by atoms with Crippen LogP contribution in [0.25, 0.3) is 0 Å². The van der Waals surface area contributed by atoms with Crippen LogP contribution in [-0.4, -0.2) is 71.9 Å². The lowest BCUT2D eigenvalue weighted by molar-refractivity contribution is -0.136. The van der Waals surface area contributed by atoms with E-state index in [1.807, 2.05) is 36.1 Å². The molecule has 0 radical (unpaired) electrons. The molecule has 158 valence electrons. The average molecular weight is 399 g/mol. The molecule has 1 N–H and O–H groups in total. The molecule has 29 heavy (non-hydrogen) atoms. The van der Waals surface area contributed by atoms with Crippen LogP contribution in [0, 0.1) is 12.8 Å². The number of anilines is 1. The Morgan fingerprint density at radius 2 is 1.62 bits per heavy atom. The molecule has 1 aromatic carbocycles. The first-order valence-electron chi connectivity index (χ1n) is 11.3. The molecule has 0 aromatic heterocycles. The Kier molecular flexibility index (Phi) is 6.38. The second-order valence-electron chi connectivity index (χ2n) is 8.83. The van der Waals surface area contributed by atoms with Crippen LogP contribution in [0.4, 0.5) is 10.5 Å². The highest BCUT2D eigenvalue weighted by Crippen LogP contribution is 2.26. The quantitative estimate of drug-likeness (QED) is 0.850. The second-order valence-corrected chi connectivity index (χ2v) is 8.83. The standard InChI is InChI=1S/C23H34N4O2/c1-18-7-2-3-9-21(18)24-23(29)26-15-10-20(11-16-26)27-14-6-8-19(17-27)22(28)25-12-4-5-13-25/h2-3,7,9,19-20H,4-6,8,10-17H2,1H3,(H,24,29). The Bertz CT molecular complexity index is 723. The minimum atomic E-state index is -0.00141. The Balaban J connectivity index is 1.27. The first-order chi connectivity index (χ1) is 14.1. The maximum absolute atomic E-state index is 12.8. The van der Waals surface area contributed by atoms with E-state index in [2.05, 4.69) is 15.1 Å². The summed E-state index contributed by atoms with van der Waals surface area (Å²) in [5.74, 6) is 0.548. The summed E-state index contributed by atoms with van der Waals surface area (Å²) in [7, 11) is 0. The number of aryl methyl sites for hydroxylation is 1. The molecule has 0 aliphatic carbocycles. The fourth-order valence-electron chi connectivity index (χ4n) is 5.08. The van der Waals surface area contributed by atoms with Crippen LogP contribution in [0.1, 0.15) is 44.1 Å². The van der Waals surface area contributed by atoms with E-state index < -0.39 is 0 Å². The molecule has 6 heteroatoms. The summed E-state index contributed by atoms with van der Waals surface area (Å²) in [6.45, 7) is 7.46. The van der Waals surface area contributed by atoms with E-state index in [4.69, 9.17) is 0 Å². The molecule has 3 aliphatic rings. The second kappa shape index (κ2) is 9.16. The van der Waals surface area contributed by atoms with Gasteiger partial charge in [-0.05, 0) is 63.6 Å². The number of carbonyl (C=O) groups excluding carboxylic acids is 2. The summed E-state index contributed by atoms with van der Waals surface area (Å²) in [4.78, 5) is 32.0. The zero-order valence-corrected chi connectivity index (χ0v) is 17.6. The first kappa shape index (κ1) is 20.2. The maximum Gasteiger partial charge on any atom is 0.321 e. The van der Waals surface area contributed by atoms with Crippen molar-refractivity contribution in [1.82, 2.24) is 14.7 Å². The van der Waals surface area contributed by atoms with Crippen LogP contribution in [0.2, 0.25) is 0 Å². The summed E-state index contributed by atoms with van der Waals surface area (Å²) in [5, 5.41) is 3.05. The van der Waals surface area contributed by atoms with Gasteiger partial charge < -0.3 is 15.1 Å². The van der Waals surface area contributed by atoms with Gasteiger partial charge in [0.2, 0.25) is 5.91 Å². The number of urea groups is 1. The van der Waals surface area contributed by atoms with Gasteiger partial charge in [0.05, 0.1) is 5.92 Å². The van der Waals surface area contributed by atoms with Gasteiger partial charge in [-0.1, -0.05) is 18.2 Å². The highest BCUT2D eigenvalue weighted by Gasteiger charge is 2.34. The molecule has 6 nitrogen and oxygen atoms in total. The number of rotatable bonds is 3. The first-order valence-corrected chi connectivity index (χ1v) is 11.3. The van der Waals surface area contributed by atoms with E-state index in [1.54, 1.807) is 0 Å². The van der Waals surface area contributed by atoms with E-state index in [0.717, 1.165) is 89.0 Å². The van der Waals surface area contributed by atoms with E-state index in [0.29, 0.717) is 11.9 Å². The third kappa shape index (κ3) is 4.74. The van der Waals surface area contributed by atoms with E-state index >= 15 is 0 Å². The number of hydrogen-bond donors (Lipinski definition) is 1. The van der Waals surface area contributed by atoms with Crippen LogP contribution >= 0.6 is 0 Å². The average Bonchev–Trinajstić information content (AvgIpc) is 3.30. The van der Waals surface area contributed by atoms with Crippen molar-refractivity contribution in [3.05, 3.63) is 29.8 Å². The number of nitrogens with zero attached hydrogens (tertiary/aromatic N) is 3. The SMILES string of the molecule is Cc1ccccc1NC(=O)N1CCC(N2CCCC(C(=O)N3CCCC3)C2)CC1. The van der Waals surface area contributed by atoms with Gasteiger partial charge >= 0.3 is 6.03 Å². The van der Waals surface area contributed by atoms with E-state index in [1.165, 1.54) is 0 Å². The van der Waals surface area contributed by atoms with Crippen molar-refractivity contribution in [2.24, 2.45) is 5.92 Å². The minimum absolute atomic E-state index is 0.00141. The predicted molar refractivity (Wildman–Crippen MR) is 115 cm³/mol. The maximum atomic E-state index is 12.8. The molecule has 4 rings (SSSR count). The molecule has 3 saturated heterocycles. The number of likely N-dealkylation sites (tertiary alicyclic amines) is 3. The van der Waals surface area contributed by atoms with Crippen molar-refractivity contribution in [3.63, 3.8) is 0 Å². The summed E-state index contributed by atoms with van der Waals surface area (Å²) < 4.78 is 0. The number of para-hydroxylation sites is 1. The molecular weight excluding hydrogens is 364 g/mol. The van der Waals surface area contributed by atoms with Gasteiger partial charge in [0, 0.05) is 44.5 Å². The molecule has 0 saturated carbocycles. The van der Waals surface area contributed by atoms with Crippen molar-refractivity contribution >= 4 is 17.6 Å². The molecule has 3 fully saturated rings. The minimum Gasteiger partial charge on any atom is -0.342 e. The number of nitrogens with one attached hydrogen (secondary N) is 1. The Hall–Kier alpha value is -2.08. The lowest BCUT2D eigenvalue weighted by atomic mass is 9.93. The third-order valence-corrected chi connectivity index (χ3v) is 6.87. The lowest BCUT2D eigenvalue weighted by Crippen LogP contribution is -2.52. The largest absolute Gasteiger partial charge is 0.342 e. The molecule has 1 unspecified atom stereocenters. The van der Waals surface area contributed by atoms with Gasteiger partial charge in [-0.15, -0.1) is 0 Å². The fourth-order valence-corrected chi connectivity index (χ4v) is 5.08. The van der Waals surface area contributed by atoms with Gasteiger partial charge in [-0.3, -0.25) is 9.69 Å². The predicted octanol–water partition coefficient (Wildman–Crippen LogP) is 3.33. The van der Waals surface area contributed by atoms with Gasteiger partial charge in [0.1, 0.15) is 0 Å². The molecule has 3 heterocycles. The monoisotopic (exact) mass is 398 g/mol. The summed E-state index contributed by atoms with van der Waals surface area (Å²) in [6.07, 6.45) is 6.44. The van der Waals surface area contributed by atoms with Gasteiger partial charge in [-0.2, -0.15) is 0 Å². The number of benzene rings is 1. The van der Waals surface area contributed by atoms with Crippen molar-refractivity contribution in [2.75, 3.05) is 44.6 Å². The fraction of sp³-hybridized carbons (Fsp3) is 0.652. The summed E-state index contributed by atoms with van der Waals surface area (Å²) in [5.41, 5.74) is 1.97. The van der Waals surface area contributed by atoms with Crippen LogP contribution < -0.4 is 5.32 Å². The third-order valence-electron chi connectivity index (χ3n) is 6.87. The molecule has 3 aliphatic heterocycles. The molecule has 0 spiro atoms. The lowest BCUT2D eigenvalue weighted by Gasteiger charge is -2.42. The Labute approximate surface area is 174 Å². The highest BCUT2D eigenvalue weighted by atomic mass is 16.2. The molecular formula is C23H34N4O2. The van der Waals surface area contributed by atoms with Crippen molar-refractivity contribution in [3.8, 4) is 0 Å². The summed E-state index contributed by atoms with van der Waals surface area (Å²) >= 11 is 0. The molecule has 1 aromatic rings. The number of piperidine rings is 2. The summed E-state index contributed by atoms with van der Waals surface area (Å²) in [6, 6.07) is 8.38. The van der Waals surface area contributed by atoms with Crippen LogP contribution in [0.15, 0.2) is 24.3 Å². The Morgan fingerprint density at radius 1 is 0.897 bits per heavy atom. The van der Waals surface area contributed by atoms with Gasteiger partial charge in [0.15, 0.2) is 0 Å². The van der Waals surface area contributed by atoms with Crippen LogP contribution in [0.3, 0.4) is 0 Å². The number of amides is 3. The van der Waals surface area contributed by atoms with E-state index in [-0.39, 0.29) is 11.9 Å². The zero-order chi connectivity index (χ0) is 20.2.